The van der Waals surface area contributed by atoms with Gasteiger partial charge in [0.05, 0.1) is 5.75 Å². The van der Waals surface area contributed by atoms with Gasteiger partial charge in [0, 0.05) is 6.04 Å². The van der Waals surface area contributed by atoms with Crippen molar-refractivity contribution in [2.45, 2.75) is 56.6 Å². The zero-order valence-electron chi connectivity index (χ0n) is 11.6. The molecule has 0 radical (unpaired) electrons. The Morgan fingerprint density at radius 2 is 2.00 bits per heavy atom. The van der Waals surface area contributed by atoms with E-state index in [0.717, 1.165) is 12.8 Å². The number of H-pyrrole nitrogens is 1. The Labute approximate surface area is 122 Å². The van der Waals surface area contributed by atoms with Crippen LogP contribution in [0.2, 0.25) is 0 Å². The van der Waals surface area contributed by atoms with Crippen LogP contribution >= 0.6 is 11.8 Å². The number of hydrogen-bond acceptors (Lipinski definition) is 5. The Kier molecular flexibility index (Phi) is 5.58. The summed E-state index contributed by atoms with van der Waals surface area (Å²) in [5.41, 5.74) is 0.0731. The molecule has 1 fully saturated rings. The number of aromatic amines is 1. The predicted octanol–water partition coefficient (Wildman–Crippen LogP) is 1.40. The van der Waals surface area contributed by atoms with Gasteiger partial charge in [0.1, 0.15) is 5.69 Å². The van der Waals surface area contributed by atoms with E-state index in [-0.39, 0.29) is 17.2 Å². The highest BCUT2D eigenvalue weighted by Gasteiger charge is 2.15. The molecule has 0 aliphatic heterocycles. The molecule has 6 nitrogen and oxygen atoms in total. The van der Waals surface area contributed by atoms with E-state index < -0.39 is 0 Å². The summed E-state index contributed by atoms with van der Waals surface area (Å²) in [6.45, 7) is 1.60. The number of carbonyl (C=O) groups excluding carboxylic acids is 1. The first kappa shape index (κ1) is 15.0. The second-order valence-corrected chi connectivity index (χ2v) is 6.05. The Morgan fingerprint density at radius 1 is 1.30 bits per heavy atom. The van der Waals surface area contributed by atoms with Crippen molar-refractivity contribution < 1.29 is 4.79 Å². The van der Waals surface area contributed by atoms with E-state index in [0.29, 0.717) is 16.9 Å². The van der Waals surface area contributed by atoms with Crippen LogP contribution in [0.15, 0.2) is 9.95 Å². The first-order valence-electron chi connectivity index (χ1n) is 7.01. The Balaban J connectivity index is 1.79. The zero-order valence-corrected chi connectivity index (χ0v) is 12.5. The molecule has 20 heavy (non-hydrogen) atoms. The highest BCUT2D eigenvalue weighted by atomic mass is 32.2. The maximum atomic E-state index is 11.9. The third kappa shape index (κ3) is 4.63. The van der Waals surface area contributed by atoms with Gasteiger partial charge in [0.15, 0.2) is 5.16 Å². The van der Waals surface area contributed by atoms with Crippen LogP contribution in [0.4, 0.5) is 0 Å². The lowest BCUT2D eigenvalue weighted by atomic mass is 10.1. The maximum Gasteiger partial charge on any atom is 0.273 e. The lowest BCUT2D eigenvalue weighted by Crippen LogP contribution is -2.35. The van der Waals surface area contributed by atoms with Crippen molar-refractivity contribution in [3.8, 4) is 0 Å². The molecule has 110 valence electrons. The number of aryl methyl sites for hydroxylation is 1. The molecule has 0 bridgehead atoms. The van der Waals surface area contributed by atoms with Gasteiger partial charge in [-0.15, -0.1) is 10.2 Å². The van der Waals surface area contributed by atoms with Crippen LogP contribution in [0.25, 0.3) is 0 Å². The molecule has 2 rings (SSSR count). The van der Waals surface area contributed by atoms with Gasteiger partial charge in [-0.3, -0.25) is 14.6 Å². The van der Waals surface area contributed by atoms with Crippen molar-refractivity contribution in [2.24, 2.45) is 0 Å². The molecule has 0 saturated heterocycles. The number of nitrogens with zero attached hydrogens (tertiary/aromatic N) is 2. The molecule has 0 spiro atoms. The number of carbonyl (C=O) groups is 1. The summed E-state index contributed by atoms with van der Waals surface area (Å²) in [6.07, 6.45) is 7.04. The summed E-state index contributed by atoms with van der Waals surface area (Å²) in [5, 5.41) is 11.0. The normalized spacial score (nSPS) is 16.6. The van der Waals surface area contributed by atoms with Crippen LogP contribution < -0.4 is 10.9 Å². The molecular weight excluding hydrogens is 276 g/mol. The van der Waals surface area contributed by atoms with E-state index >= 15 is 0 Å². The summed E-state index contributed by atoms with van der Waals surface area (Å²) >= 11 is 1.20. The minimum Gasteiger partial charge on any atom is -0.353 e. The number of nitrogens with one attached hydrogen (secondary N) is 2. The van der Waals surface area contributed by atoms with Gasteiger partial charge < -0.3 is 5.32 Å². The average Bonchev–Trinajstić information content (AvgIpc) is 2.69. The number of aromatic nitrogens is 3. The van der Waals surface area contributed by atoms with Gasteiger partial charge in [-0.1, -0.05) is 37.4 Å². The van der Waals surface area contributed by atoms with Crippen molar-refractivity contribution >= 4 is 17.7 Å². The highest BCUT2D eigenvalue weighted by molar-refractivity contribution is 7.99. The summed E-state index contributed by atoms with van der Waals surface area (Å²) in [6, 6.07) is 0.300. The van der Waals surface area contributed by atoms with Crippen LogP contribution in [0.5, 0.6) is 0 Å². The van der Waals surface area contributed by atoms with E-state index in [9.17, 15) is 9.59 Å². The van der Waals surface area contributed by atoms with Gasteiger partial charge in [-0.25, -0.2) is 0 Å². The number of thioether (sulfide) groups is 1. The molecule has 1 amide bonds. The van der Waals surface area contributed by atoms with E-state index in [1.165, 1.54) is 37.4 Å². The molecule has 1 aromatic rings. The molecule has 0 atom stereocenters. The monoisotopic (exact) mass is 296 g/mol. The number of rotatable bonds is 4. The summed E-state index contributed by atoms with van der Waals surface area (Å²) in [7, 11) is 0. The number of hydrogen-bond donors (Lipinski definition) is 2. The second kappa shape index (κ2) is 7.42. The van der Waals surface area contributed by atoms with E-state index in [4.69, 9.17) is 0 Å². The standard InChI is InChI=1S/C13H20N4O2S/c1-9-12(19)15-13(17-16-9)20-8-11(18)14-10-6-4-2-3-5-7-10/h10H,2-8H2,1H3,(H,14,18)(H,15,17,19). The molecule has 7 heteroatoms. The predicted molar refractivity (Wildman–Crippen MR) is 77.7 cm³/mol. The molecule has 0 unspecified atom stereocenters. The molecule has 1 aliphatic carbocycles. The van der Waals surface area contributed by atoms with Crippen molar-refractivity contribution in [1.82, 2.24) is 20.5 Å². The van der Waals surface area contributed by atoms with Crippen LogP contribution in [0, 0.1) is 6.92 Å². The third-order valence-electron chi connectivity index (χ3n) is 3.40. The second-order valence-electron chi connectivity index (χ2n) is 5.09. The largest absolute Gasteiger partial charge is 0.353 e. The first-order chi connectivity index (χ1) is 9.65. The summed E-state index contributed by atoms with van der Waals surface area (Å²) in [5.74, 6) is 0.245. The van der Waals surface area contributed by atoms with Gasteiger partial charge in [-0.2, -0.15) is 0 Å². The quantitative estimate of drug-likeness (QED) is 0.648. The summed E-state index contributed by atoms with van der Waals surface area (Å²) in [4.78, 5) is 25.8. The smallest absolute Gasteiger partial charge is 0.273 e. The van der Waals surface area contributed by atoms with Crippen LogP contribution in [0.1, 0.15) is 44.2 Å². The minimum absolute atomic E-state index is 0.00914. The lowest BCUT2D eigenvalue weighted by Gasteiger charge is -2.15. The fourth-order valence-corrected chi connectivity index (χ4v) is 2.88. The van der Waals surface area contributed by atoms with Crippen LogP contribution in [-0.4, -0.2) is 32.9 Å². The molecule has 1 aromatic heterocycles. The van der Waals surface area contributed by atoms with Crippen LogP contribution in [0.3, 0.4) is 0 Å². The average molecular weight is 296 g/mol. The van der Waals surface area contributed by atoms with E-state index in [1.807, 2.05) is 0 Å². The van der Waals surface area contributed by atoms with Gasteiger partial charge in [0.2, 0.25) is 5.91 Å². The Hall–Kier alpha value is -1.37. The Bertz CT molecular complexity index is 509. The topological polar surface area (TPSA) is 87.7 Å². The van der Waals surface area contributed by atoms with Crippen molar-refractivity contribution in [3.05, 3.63) is 16.0 Å². The van der Waals surface area contributed by atoms with Gasteiger partial charge >= 0.3 is 0 Å². The maximum absolute atomic E-state index is 11.9. The van der Waals surface area contributed by atoms with E-state index in [1.54, 1.807) is 6.92 Å². The van der Waals surface area contributed by atoms with Gasteiger partial charge in [-0.05, 0) is 19.8 Å². The molecule has 0 aromatic carbocycles. The molecule has 1 saturated carbocycles. The minimum atomic E-state index is -0.258. The fraction of sp³-hybridized carbons (Fsp3) is 0.692. The fourth-order valence-electron chi connectivity index (χ4n) is 2.27. The zero-order chi connectivity index (χ0) is 14.4. The van der Waals surface area contributed by atoms with E-state index in [2.05, 4.69) is 20.5 Å². The third-order valence-corrected chi connectivity index (χ3v) is 4.26. The molecule has 1 heterocycles. The van der Waals surface area contributed by atoms with Crippen molar-refractivity contribution in [3.63, 3.8) is 0 Å². The SMILES string of the molecule is Cc1nnc(SCC(=O)NC2CCCCCC2)[nH]c1=O. The highest BCUT2D eigenvalue weighted by Crippen LogP contribution is 2.17. The van der Waals surface area contributed by atoms with Crippen molar-refractivity contribution in [1.29, 1.82) is 0 Å². The van der Waals surface area contributed by atoms with Gasteiger partial charge in [0.25, 0.3) is 5.56 Å². The van der Waals surface area contributed by atoms with Crippen molar-refractivity contribution in [2.75, 3.05) is 5.75 Å². The Morgan fingerprint density at radius 3 is 2.65 bits per heavy atom. The molecular formula is C13H20N4O2S. The summed E-state index contributed by atoms with van der Waals surface area (Å²) < 4.78 is 0. The lowest BCUT2D eigenvalue weighted by molar-refractivity contribution is -0.119. The molecule has 2 N–H and O–H groups in total. The van der Waals surface area contributed by atoms with Crippen LogP contribution in [-0.2, 0) is 4.79 Å². The molecule has 1 aliphatic rings. The first-order valence-corrected chi connectivity index (χ1v) is 7.99. The number of amides is 1.